The van der Waals surface area contributed by atoms with E-state index in [0.717, 1.165) is 5.69 Å². The molecule has 5 heteroatoms. The number of allylic oxidation sites excluding steroid dienone is 1. The van der Waals surface area contributed by atoms with Crippen LogP contribution in [0.4, 0.5) is 4.39 Å². The Kier molecular flexibility index (Phi) is 4.21. The molecule has 2 rings (SSSR count). The summed E-state index contributed by atoms with van der Waals surface area (Å²) in [4.78, 5) is 12.2. The van der Waals surface area contributed by atoms with Crippen LogP contribution in [0.2, 0.25) is 0 Å². The third-order valence-electron chi connectivity index (χ3n) is 3.36. The monoisotopic (exact) mass is 288 g/mol. The van der Waals surface area contributed by atoms with Crippen molar-refractivity contribution in [3.8, 4) is 5.75 Å². The summed E-state index contributed by atoms with van der Waals surface area (Å²) in [5.74, 6) is -0.424. The first kappa shape index (κ1) is 15.0. The first-order valence-corrected chi connectivity index (χ1v) is 6.50. The highest BCUT2D eigenvalue weighted by Crippen LogP contribution is 2.19. The summed E-state index contributed by atoms with van der Waals surface area (Å²) >= 11 is 0. The van der Waals surface area contributed by atoms with Crippen LogP contribution in [0.15, 0.2) is 24.3 Å². The number of methoxy groups -OCH3 is 1. The standard InChI is InChI=1S/C16H17FN2O2/c1-10-16(11(2)19(3)18-10)14(20)7-5-12-6-8-15(21-4)13(17)9-12/h5-9H,1-4H3/b7-5+. The van der Waals surface area contributed by atoms with Gasteiger partial charge in [-0.1, -0.05) is 12.1 Å². The second kappa shape index (κ2) is 5.91. The highest BCUT2D eigenvalue weighted by Gasteiger charge is 2.14. The maximum Gasteiger partial charge on any atom is 0.189 e. The molecule has 4 nitrogen and oxygen atoms in total. The zero-order valence-electron chi connectivity index (χ0n) is 12.5. The van der Waals surface area contributed by atoms with Gasteiger partial charge in [0.1, 0.15) is 0 Å². The minimum absolute atomic E-state index is 0.144. The molecule has 2 aromatic rings. The van der Waals surface area contributed by atoms with Crippen LogP contribution in [0.5, 0.6) is 5.75 Å². The van der Waals surface area contributed by atoms with Gasteiger partial charge in [0.25, 0.3) is 0 Å². The fourth-order valence-corrected chi connectivity index (χ4v) is 2.17. The van der Waals surface area contributed by atoms with E-state index in [2.05, 4.69) is 5.10 Å². The number of carbonyl (C=O) groups excluding carboxylic acids is 1. The third kappa shape index (κ3) is 3.02. The van der Waals surface area contributed by atoms with E-state index in [1.54, 1.807) is 30.8 Å². The van der Waals surface area contributed by atoms with Crippen molar-refractivity contribution < 1.29 is 13.9 Å². The van der Waals surface area contributed by atoms with Crippen LogP contribution in [-0.4, -0.2) is 22.7 Å². The number of rotatable bonds is 4. The largest absolute Gasteiger partial charge is 0.494 e. The number of aryl methyl sites for hydroxylation is 2. The maximum atomic E-state index is 13.6. The predicted molar refractivity (Wildman–Crippen MR) is 79.0 cm³/mol. The molecule has 0 spiro atoms. The average molecular weight is 288 g/mol. The number of hydrogen-bond donors (Lipinski definition) is 0. The lowest BCUT2D eigenvalue weighted by atomic mass is 10.1. The zero-order chi connectivity index (χ0) is 15.6. The summed E-state index contributed by atoms with van der Waals surface area (Å²) in [7, 11) is 3.20. The molecule has 0 N–H and O–H groups in total. The van der Waals surface area contributed by atoms with Crippen LogP contribution in [-0.2, 0) is 7.05 Å². The molecule has 0 saturated heterocycles. The van der Waals surface area contributed by atoms with Gasteiger partial charge in [-0.2, -0.15) is 5.10 Å². The van der Waals surface area contributed by atoms with Gasteiger partial charge in [0.05, 0.1) is 18.4 Å². The summed E-state index contributed by atoms with van der Waals surface area (Å²) in [6, 6.07) is 4.54. The van der Waals surface area contributed by atoms with Gasteiger partial charge in [0.2, 0.25) is 0 Å². The third-order valence-corrected chi connectivity index (χ3v) is 3.36. The fraction of sp³-hybridized carbons (Fsp3) is 0.250. The molecule has 1 aromatic heterocycles. The van der Waals surface area contributed by atoms with Crippen LogP contribution in [0.3, 0.4) is 0 Å². The van der Waals surface area contributed by atoms with E-state index in [4.69, 9.17) is 4.74 Å². The number of halogens is 1. The van der Waals surface area contributed by atoms with Gasteiger partial charge < -0.3 is 4.74 Å². The summed E-state index contributed by atoms with van der Waals surface area (Å²) in [6.07, 6.45) is 3.01. The number of ketones is 1. The van der Waals surface area contributed by atoms with Crippen molar-refractivity contribution in [1.29, 1.82) is 0 Å². The SMILES string of the molecule is COc1ccc(/C=C/C(=O)c2c(C)nn(C)c2C)cc1F. The molecule has 0 atom stereocenters. The van der Waals surface area contributed by atoms with E-state index >= 15 is 0 Å². The van der Waals surface area contributed by atoms with Gasteiger partial charge in [-0.3, -0.25) is 9.48 Å². The number of nitrogens with zero attached hydrogens (tertiary/aromatic N) is 2. The van der Waals surface area contributed by atoms with E-state index < -0.39 is 5.82 Å². The minimum Gasteiger partial charge on any atom is -0.494 e. The van der Waals surface area contributed by atoms with Gasteiger partial charge in [0.15, 0.2) is 17.3 Å². The Balaban J connectivity index is 2.25. The molecule has 1 heterocycles. The molecule has 21 heavy (non-hydrogen) atoms. The average Bonchev–Trinajstić information content (AvgIpc) is 2.70. The quantitative estimate of drug-likeness (QED) is 0.641. The van der Waals surface area contributed by atoms with Gasteiger partial charge in [-0.25, -0.2) is 4.39 Å². The van der Waals surface area contributed by atoms with Gasteiger partial charge in [-0.15, -0.1) is 0 Å². The molecule has 110 valence electrons. The highest BCUT2D eigenvalue weighted by atomic mass is 19.1. The van der Waals surface area contributed by atoms with Gasteiger partial charge >= 0.3 is 0 Å². The van der Waals surface area contributed by atoms with Crippen LogP contribution in [0.25, 0.3) is 6.08 Å². The topological polar surface area (TPSA) is 44.1 Å². The first-order valence-electron chi connectivity index (χ1n) is 6.50. The molecule has 0 aliphatic carbocycles. The summed E-state index contributed by atoms with van der Waals surface area (Å²) in [5, 5.41) is 4.21. The second-order valence-corrected chi connectivity index (χ2v) is 4.76. The fourth-order valence-electron chi connectivity index (χ4n) is 2.17. The molecule has 0 aliphatic heterocycles. The summed E-state index contributed by atoms with van der Waals surface area (Å²) in [5.41, 5.74) is 2.68. The van der Waals surface area contributed by atoms with E-state index in [0.29, 0.717) is 16.8 Å². The molecular weight excluding hydrogens is 271 g/mol. The maximum absolute atomic E-state index is 13.6. The molecule has 0 aliphatic rings. The smallest absolute Gasteiger partial charge is 0.189 e. The van der Waals surface area contributed by atoms with Crippen molar-refractivity contribution in [2.75, 3.05) is 7.11 Å². The van der Waals surface area contributed by atoms with Crippen molar-refractivity contribution in [3.63, 3.8) is 0 Å². The Morgan fingerprint density at radius 3 is 2.62 bits per heavy atom. The van der Waals surface area contributed by atoms with E-state index in [1.807, 2.05) is 6.92 Å². The molecule has 0 unspecified atom stereocenters. The lowest BCUT2D eigenvalue weighted by Gasteiger charge is -2.02. The number of benzene rings is 1. The molecular formula is C16H17FN2O2. The molecule has 0 fully saturated rings. The molecule has 0 saturated carbocycles. The van der Waals surface area contributed by atoms with E-state index in [-0.39, 0.29) is 11.5 Å². The Hall–Kier alpha value is -2.43. The Bertz CT molecular complexity index is 717. The first-order chi connectivity index (χ1) is 9.93. The number of carbonyl (C=O) groups is 1. The van der Waals surface area contributed by atoms with Crippen LogP contribution < -0.4 is 4.74 Å². The second-order valence-electron chi connectivity index (χ2n) is 4.76. The van der Waals surface area contributed by atoms with Crippen LogP contribution >= 0.6 is 0 Å². The van der Waals surface area contributed by atoms with Crippen molar-refractivity contribution in [1.82, 2.24) is 9.78 Å². The lowest BCUT2D eigenvalue weighted by molar-refractivity contribution is 0.104. The highest BCUT2D eigenvalue weighted by molar-refractivity contribution is 6.08. The molecule has 0 bridgehead atoms. The van der Waals surface area contributed by atoms with Crippen LogP contribution in [0.1, 0.15) is 27.3 Å². The lowest BCUT2D eigenvalue weighted by Crippen LogP contribution is -1.99. The normalized spacial score (nSPS) is 11.1. The van der Waals surface area contributed by atoms with E-state index in [9.17, 15) is 9.18 Å². The molecule has 0 radical (unpaired) electrons. The van der Waals surface area contributed by atoms with Gasteiger partial charge in [-0.05, 0) is 37.6 Å². The zero-order valence-corrected chi connectivity index (χ0v) is 12.5. The minimum atomic E-state index is -0.458. The molecule has 1 aromatic carbocycles. The predicted octanol–water partition coefficient (Wildman–Crippen LogP) is 3.08. The summed E-state index contributed by atoms with van der Waals surface area (Å²) < 4.78 is 20.1. The Labute approximate surface area is 122 Å². The Morgan fingerprint density at radius 2 is 2.10 bits per heavy atom. The van der Waals surface area contributed by atoms with Crippen molar-refractivity contribution in [3.05, 3.63) is 52.6 Å². The number of ether oxygens (including phenoxy) is 1. The van der Waals surface area contributed by atoms with Crippen LogP contribution in [0, 0.1) is 19.7 Å². The van der Waals surface area contributed by atoms with Crippen molar-refractivity contribution >= 4 is 11.9 Å². The molecule has 0 amide bonds. The number of aromatic nitrogens is 2. The Morgan fingerprint density at radius 1 is 1.38 bits per heavy atom. The van der Waals surface area contributed by atoms with Crippen molar-refractivity contribution in [2.24, 2.45) is 7.05 Å². The van der Waals surface area contributed by atoms with Crippen molar-refractivity contribution in [2.45, 2.75) is 13.8 Å². The summed E-state index contributed by atoms with van der Waals surface area (Å²) in [6.45, 7) is 3.63. The van der Waals surface area contributed by atoms with E-state index in [1.165, 1.54) is 25.3 Å². The van der Waals surface area contributed by atoms with Gasteiger partial charge in [0, 0.05) is 12.7 Å². The number of hydrogen-bond acceptors (Lipinski definition) is 3.